The molecule has 0 aromatic heterocycles. The Morgan fingerprint density at radius 2 is 1.25 bits per heavy atom. The van der Waals surface area contributed by atoms with Crippen LogP contribution in [0.5, 0.6) is 0 Å². The maximum atomic E-state index is 13.8. The highest BCUT2D eigenvalue weighted by molar-refractivity contribution is 7.49. The molecule has 0 aliphatic rings. The predicted octanol–water partition coefficient (Wildman–Crippen LogP) is 10.4. The summed E-state index contributed by atoms with van der Waals surface area (Å²) in [6.07, 6.45) is 0.669. The van der Waals surface area contributed by atoms with E-state index in [1.54, 1.807) is 24.3 Å². The predicted molar refractivity (Wildman–Crippen MR) is 136 cm³/mol. The quantitative estimate of drug-likeness (QED) is 0.208. The van der Waals surface area contributed by atoms with Crippen molar-refractivity contribution >= 4 is 88.9 Å². The van der Waals surface area contributed by atoms with Crippen LogP contribution in [0.4, 0.5) is 0 Å². The first-order valence-electron chi connectivity index (χ1n) is 9.35. The first-order chi connectivity index (χ1) is 15.2. The summed E-state index contributed by atoms with van der Waals surface area (Å²) in [6.45, 7) is 3.75. The Balaban J connectivity index is 2.46. The lowest BCUT2D eigenvalue weighted by Crippen LogP contribution is -2.11. The van der Waals surface area contributed by atoms with Crippen LogP contribution in [-0.4, -0.2) is 6.10 Å². The van der Waals surface area contributed by atoms with Crippen molar-refractivity contribution in [1.29, 1.82) is 0 Å². The number of halogens is 6. The Kier molecular flexibility index (Phi) is 11.1. The highest BCUT2D eigenvalue weighted by Gasteiger charge is 2.36. The standard InChI is InChI=1S/C21H19Cl6O4P/c1-3-15(4-2)29-32(28,30-20(11-22)16-7-5-13(24)9-18(16)26)31-21(12-23)17-8-6-14(25)10-19(17)27/h5-12,15H,3-4H2,1-2H3/b20-11+,21-12+. The number of phosphoric acid groups is 1. The second-order valence-corrected chi connectivity index (χ2v) is 9.96. The third-order valence-electron chi connectivity index (χ3n) is 4.20. The zero-order valence-electron chi connectivity index (χ0n) is 17.0. The second kappa shape index (κ2) is 12.8. The van der Waals surface area contributed by atoms with Crippen LogP contribution in [-0.2, 0) is 18.1 Å². The first-order valence-corrected chi connectivity index (χ1v) is 13.2. The molecular weight excluding hydrogens is 560 g/mol. The average molecular weight is 579 g/mol. The fourth-order valence-electron chi connectivity index (χ4n) is 2.56. The third kappa shape index (κ3) is 7.48. The summed E-state index contributed by atoms with van der Waals surface area (Å²) in [7, 11) is -4.34. The molecule has 0 radical (unpaired) electrons. The molecule has 0 bridgehead atoms. The molecule has 0 aliphatic carbocycles. The van der Waals surface area contributed by atoms with Crippen LogP contribution >= 0.6 is 77.4 Å². The van der Waals surface area contributed by atoms with Gasteiger partial charge in [0.05, 0.1) is 16.1 Å². The molecule has 2 rings (SSSR count). The molecule has 174 valence electrons. The molecule has 0 spiro atoms. The molecule has 0 saturated carbocycles. The number of rotatable bonds is 10. The van der Waals surface area contributed by atoms with Crippen molar-refractivity contribution in [2.24, 2.45) is 0 Å². The summed E-state index contributed by atoms with van der Waals surface area (Å²) < 4.78 is 30.9. The highest BCUT2D eigenvalue weighted by Crippen LogP contribution is 2.58. The van der Waals surface area contributed by atoms with Crippen LogP contribution in [0, 0.1) is 0 Å². The van der Waals surface area contributed by atoms with Crippen LogP contribution in [0.25, 0.3) is 11.5 Å². The molecular formula is C21H19Cl6O4P. The normalized spacial score (nSPS) is 12.9. The number of phosphoric ester groups is 1. The van der Waals surface area contributed by atoms with Gasteiger partial charge in [0.25, 0.3) is 0 Å². The van der Waals surface area contributed by atoms with Gasteiger partial charge in [-0.05, 0) is 49.2 Å². The smallest absolute Gasteiger partial charge is 0.393 e. The summed E-state index contributed by atoms with van der Waals surface area (Å²) in [5.41, 5.74) is 2.81. The number of hydrogen-bond donors (Lipinski definition) is 0. The van der Waals surface area contributed by atoms with E-state index in [0.717, 1.165) is 11.1 Å². The summed E-state index contributed by atoms with van der Waals surface area (Å²) in [5, 5.41) is 1.27. The van der Waals surface area contributed by atoms with Gasteiger partial charge in [-0.2, -0.15) is 0 Å². The lowest BCUT2D eigenvalue weighted by Gasteiger charge is -2.25. The molecule has 0 aliphatic heterocycles. The van der Waals surface area contributed by atoms with Gasteiger partial charge in [-0.15, -0.1) is 0 Å². The number of hydrogen-bond acceptors (Lipinski definition) is 4. The number of benzene rings is 2. The Bertz CT molecular complexity index is 979. The minimum atomic E-state index is -4.34. The Morgan fingerprint density at radius 3 is 1.56 bits per heavy atom. The van der Waals surface area contributed by atoms with E-state index in [9.17, 15) is 4.57 Å². The maximum absolute atomic E-state index is 13.8. The first kappa shape index (κ1) is 27.7. The fourth-order valence-corrected chi connectivity index (χ4v) is 5.58. The van der Waals surface area contributed by atoms with Crippen LogP contribution in [0.1, 0.15) is 37.8 Å². The zero-order chi connectivity index (χ0) is 23.9. The minimum Gasteiger partial charge on any atom is -0.393 e. The van der Waals surface area contributed by atoms with E-state index in [-0.39, 0.29) is 21.6 Å². The molecule has 0 fully saturated rings. The molecule has 2 aromatic carbocycles. The van der Waals surface area contributed by atoms with Crippen molar-refractivity contribution in [2.45, 2.75) is 32.8 Å². The van der Waals surface area contributed by atoms with E-state index in [0.29, 0.717) is 34.0 Å². The SMILES string of the molecule is CCC(CC)OP(=O)(O/C(=C/Cl)c1ccc(Cl)cc1Cl)O/C(=C/Cl)c1ccc(Cl)cc1Cl. The molecule has 2 aromatic rings. The van der Waals surface area contributed by atoms with Crippen molar-refractivity contribution in [3.05, 3.63) is 78.7 Å². The minimum absolute atomic E-state index is 0.0428. The summed E-state index contributed by atoms with van der Waals surface area (Å²) in [6, 6.07) is 9.28. The van der Waals surface area contributed by atoms with Crippen molar-refractivity contribution < 1.29 is 18.1 Å². The van der Waals surface area contributed by atoms with Gasteiger partial charge in [-0.1, -0.05) is 83.5 Å². The Labute approximate surface area is 217 Å². The summed E-state index contributed by atoms with van der Waals surface area (Å²) >= 11 is 36.4. The van der Waals surface area contributed by atoms with E-state index < -0.39 is 13.9 Å². The lowest BCUT2D eigenvalue weighted by molar-refractivity contribution is 0.125. The van der Waals surface area contributed by atoms with E-state index in [2.05, 4.69) is 0 Å². The van der Waals surface area contributed by atoms with E-state index in [1.165, 1.54) is 12.1 Å². The highest BCUT2D eigenvalue weighted by atomic mass is 35.5. The maximum Gasteiger partial charge on any atom is 0.587 e. The molecule has 0 heterocycles. The van der Waals surface area contributed by atoms with Crippen LogP contribution in [0.2, 0.25) is 20.1 Å². The molecule has 11 heteroatoms. The van der Waals surface area contributed by atoms with Gasteiger partial charge in [0.2, 0.25) is 0 Å². The van der Waals surface area contributed by atoms with Crippen LogP contribution in [0.3, 0.4) is 0 Å². The van der Waals surface area contributed by atoms with Gasteiger partial charge < -0.3 is 9.05 Å². The van der Waals surface area contributed by atoms with Crippen LogP contribution in [0.15, 0.2) is 47.5 Å². The van der Waals surface area contributed by atoms with Crippen molar-refractivity contribution in [3.8, 4) is 0 Å². The van der Waals surface area contributed by atoms with Gasteiger partial charge >= 0.3 is 7.82 Å². The van der Waals surface area contributed by atoms with Gasteiger partial charge in [0, 0.05) is 32.2 Å². The van der Waals surface area contributed by atoms with E-state index in [4.69, 9.17) is 83.2 Å². The van der Waals surface area contributed by atoms with Gasteiger partial charge in [0.15, 0.2) is 11.5 Å². The summed E-state index contributed by atoms with van der Waals surface area (Å²) in [4.78, 5) is 0. The van der Waals surface area contributed by atoms with Gasteiger partial charge in [0.1, 0.15) is 0 Å². The Hall–Kier alpha value is -0.550. The molecule has 0 N–H and O–H groups in total. The van der Waals surface area contributed by atoms with Crippen molar-refractivity contribution in [3.63, 3.8) is 0 Å². The molecule has 4 nitrogen and oxygen atoms in total. The Morgan fingerprint density at radius 1 is 0.844 bits per heavy atom. The van der Waals surface area contributed by atoms with E-state index in [1.807, 2.05) is 13.8 Å². The van der Waals surface area contributed by atoms with Gasteiger partial charge in [-0.3, -0.25) is 4.52 Å². The monoisotopic (exact) mass is 576 g/mol. The molecule has 0 saturated heterocycles. The molecule has 0 amide bonds. The average Bonchev–Trinajstić information content (AvgIpc) is 2.75. The summed E-state index contributed by atoms with van der Waals surface area (Å²) in [5.74, 6) is -0.0857. The largest absolute Gasteiger partial charge is 0.587 e. The second-order valence-electron chi connectivity index (χ2n) is 6.37. The van der Waals surface area contributed by atoms with Crippen molar-refractivity contribution in [1.82, 2.24) is 0 Å². The van der Waals surface area contributed by atoms with Gasteiger partial charge in [-0.25, -0.2) is 4.57 Å². The molecule has 0 unspecified atom stereocenters. The van der Waals surface area contributed by atoms with Crippen molar-refractivity contribution in [2.75, 3.05) is 0 Å². The fraction of sp³-hybridized carbons (Fsp3) is 0.238. The zero-order valence-corrected chi connectivity index (χ0v) is 22.4. The topological polar surface area (TPSA) is 44.8 Å². The van der Waals surface area contributed by atoms with Crippen LogP contribution < -0.4 is 0 Å². The molecule has 32 heavy (non-hydrogen) atoms. The molecule has 0 atom stereocenters. The lowest BCUT2D eigenvalue weighted by atomic mass is 10.2. The van der Waals surface area contributed by atoms with E-state index >= 15 is 0 Å². The third-order valence-corrected chi connectivity index (χ3v) is 7.09.